The van der Waals surface area contributed by atoms with E-state index in [4.69, 9.17) is 24.7 Å². The number of aliphatic hydroxyl groups excluding tert-OH is 1. The molecule has 0 radical (unpaired) electrons. The van der Waals surface area contributed by atoms with E-state index < -0.39 is 58.8 Å². The summed E-state index contributed by atoms with van der Waals surface area (Å²) in [5.74, 6) is -3.94. The molecule has 0 aliphatic heterocycles. The monoisotopic (exact) mass is 605 g/mol. The van der Waals surface area contributed by atoms with Crippen molar-refractivity contribution in [2.75, 3.05) is 20.3 Å². The quantitative estimate of drug-likeness (QED) is 0.263. The maximum atomic E-state index is 14.6. The van der Waals surface area contributed by atoms with Crippen molar-refractivity contribution in [2.24, 2.45) is 0 Å². The minimum absolute atomic E-state index is 0.0249. The second-order valence-corrected chi connectivity index (χ2v) is 7.89. The van der Waals surface area contributed by atoms with Gasteiger partial charge in [-0.1, -0.05) is 34.1 Å². The van der Waals surface area contributed by atoms with E-state index in [2.05, 4.69) is 18.8 Å². The second kappa shape index (κ2) is 16.8. The summed E-state index contributed by atoms with van der Waals surface area (Å²) in [4.78, 5) is 21.4. The van der Waals surface area contributed by atoms with Crippen LogP contribution in [0.25, 0.3) is 0 Å². The molecular formula is C27H31F6N4O5+. The molecule has 1 N–H and O–H groups in total. The summed E-state index contributed by atoms with van der Waals surface area (Å²) in [5, 5.41) is 17.9. The molecule has 1 aromatic carbocycles. The van der Waals surface area contributed by atoms with Gasteiger partial charge in [0, 0.05) is 16.4 Å². The highest BCUT2D eigenvalue weighted by Crippen LogP contribution is 2.37. The Balaban J connectivity index is 0.00000165. The molecule has 0 aliphatic carbocycles. The molecule has 0 fully saturated rings. The van der Waals surface area contributed by atoms with Gasteiger partial charge in [0.1, 0.15) is 26.3 Å². The summed E-state index contributed by atoms with van der Waals surface area (Å²) in [5.41, 5.74) is -4.87. The topological polar surface area (TPSA) is 110 Å². The van der Waals surface area contributed by atoms with E-state index in [1.165, 1.54) is 37.9 Å². The van der Waals surface area contributed by atoms with Gasteiger partial charge in [-0.25, -0.2) is 18.2 Å². The van der Waals surface area contributed by atoms with E-state index in [1.54, 1.807) is 0 Å². The molecule has 2 aromatic heterocycles. The maximum Gasteiger partial charge on any atom is 0.437 e. The maximum absolute atomic E-state index is 14.6. The average molecular weight is 606 g/mol. The van der Waals surface area contributed by atoms with Crippen LogP contribution in [0, 0.1) is 17.1 Å². The standard InChI is InChI=1S/C22H17F6N4O5.C3H8.C2H6/c1-35-32-10-15(36-5-4-33)3-2-14(32)9-31-11-30-19(22(26,27)28)18(21(31)34)37-16-7-12(20(24)25)6-13(8-29)17(16)23;1-3-2;1-2/h2-3,6-7,10-11,20,33H,4-5,9H2,1H3;3H2,1-2H3;1-2H3/q+1;;. The molecule has 3 rings (SSSR count). The van der Waals surface area contributed by atoms with Gasteiger partial charge in [0.15, 0.2) is 23.0 Å². The lowest BCUT2D eigenvalue weighted by molar-refractivity contribution is -0.890. The lowest BCUT2D eigenvalue weighted by atomic mass is 10.1. The first-order valence-electron chi connectivity index (χ1n) is 12.6. The molecule has 0 atom stereocenters. The smallest absolute Gasteiger partial charge is 0.437 e. The van der Waals surface area contributed by atoms with Gasteiger partial charge in [-0.15, -0.1) is 0 Å². The molecule has 42 heavy (non-hydrogen) atoms. The van der Waals surface area contributed by atoms with E-state index in [0.717, 1.165) is 4.73 Å². The van der Waals surface area contributed by atoms with Gasteiger partial charge in [0.25, 0.3) is 23.9 Å². The molecule has 0 saturated carbocycles. The van der Waals surface area contributed by atoms with Crippen molar-refractivity contribution in [1.29, 1.82) is 5.26 Å². The Morgan fingerprint density at radius 3 is 2.36 bits per heavy atom. The third kappa shape index (κ3) is 9.37. The van der Waals surface area contributed by atoms with Gasteiger partial charge >= 0.3 is 6.18 Å². The van der Waals surface area contributed by atoms with E-state index >= 15 is 0 Å². The fourth-order valence-electron chi connectivity index (χ4n) is 3.10. The Kier molecular flexibility index (Phi) is 14.3. The Bertz CT molecular complexity index is 1410. The van der Waals surface area contributed by atoms with Gasteiger partial charge in [-0.3, -0.25) is 14.2 Å². The molecule has 2 heterocycles. The summed E-state index contributed by atoms with van der Waals surface area (Å²) in [7, 11) is 1.26. The van der Waals surface area contributed by atoms with Crippen molar-refractivity contribution in [3.63, 3.8) is 0 Å². The average Bonchev–Trinajstić information content (AvgIpc) is 2.96. The number of alkyl halides is 5. The SMILES string of the molecule is CC.CCC.CO[n+]1cc(OCCO)ccc1Cn1cnc(C(F)(F)F)c(Oc2cc(C(F)F)cc(C#N)c2F)c1=O. The number of aliphatic hydroxyl groups is 1. The number of nitriles is 1. The normalized spacial score (nSPS) is 10.6. The van der Waals surface area contributed by atoms with Gasteiger partial charge in [0.05, 0.1) is 18.5 Å². The zero-order chi connectivity index (χ0) is 32.0. The van der Waals surface area contributed by atoms with Crippen LogP contribution in [0.5, 0.6) is 17.2 Å². The van der Waals surface area contributed by atoms with Crippen LogP contribution in [0.2, 0.25) is 0 Å². The molecule has 230 valence electrons. The number of ether oxygens (including phenoxy) is 2. The number of hydrogen-bond acceptors (Lipinski definition) is 7. The van der Waals surface area contributed by atoms with E-state index in [9.17, 15) is 31.1 Å². The number of benzene rings is 1. The highest BCUT2D eigenvalue weighted by molar-refractivity contribution is 5.45. The van der Waals surface area contributed by atoms with Gasteiger partial charge in [0.2, 0.25) is 5.75 Å². The van der Waals surface area contributed by atoms with Crippen LogP contribution in [0.15, 0.2) is 41.6 Å². The Morgan fingerprint density at radius 1 is 1.19 bits per heavy atom. The minimum Gasteiger partial charge on any atom is -0.485 e. The van der Waals surface area contributed by atoms with E-state index in [-0.39, 0.29) is 24.7 Å². The molecule has 3 aromatic rings. The zero-order valence-corrected chi connectivity index (χ0v) is 23.5. The highest BCUT2D eigenvalue weighted by Gasteiger charge is 2.39. The zero-order valence-electron chi connectivity index (χ0n) is 23.5. The van der Waals surface area contributed by atoms with Crippen LogP contribution < -0.4 is 24.6 Å². The number of rotatable bonds is 9. The Labute approximate surface area is 238 Å². The molecule has 0 bridgehead atoms. The van der Waals surface area contributed by atoms with Gasteiger partial charge in [-0.2, -0.15) is 18.4 Å². The molecule has 15 heteroatoms. The first-order chi connectivity index (χ1) is 19.9. The van der Waals surface area contributed by atoms with Crippen LogP contribution in [0.1, 0.15) is 63.1 Å². The number of hydrogen-bond donors (Lipinski definition) is 1. The number of nitrogens with zero attached hydrogens (tertiary/aromatic N) is 4. The van der Waals surface area contributed by atoms with Crippen molar-refractivity contribution in [1.82, 2.24) is 9.55 Å². The predicted molar refractivity (Wildman–Crippen MR) is 138 cm³/mol. The summed E-state index contributed by atoms with van der Waals surface area (Å²) in [6.45, 7) is 7.54. The van der Waals surface area contributed by atoms with Gasteiger partial charge in [-0.05, 0) is 18.2 Å². The lowest BCUT2D eigenvalue weighted by Gasteiger charge is -2.15. The third-order valence-electron chi connectivity index (χ3n) is 4.77. The minimum atomic E-state index is -5.24. The van der Waals surface area contributed by atoms with Crippen LogP contribution >= 0.6 is 0 Å². The number of halogens is 6. The van der Waals surface area contributed by atoms with Crippen molar-refractivity contribution in [3.05, 3.63) is 75.5 Å². The molecule has 0 saturated heterocycles. The molecular weight excluding hydrogens is 574 g/mol. The molecule has 0 amide bonds. The largest absolute Gasteiger partial charge is 0.485 e. The van der Waals surface area contributed by atoms with Crippen molar-refractivity contribution >= 4 is 0 Å². The first-order valence-corrected chi connectivity index (χ1v) is 12.6. The predicted octanol–water partition coefficient (Wildman–Crippen LogP) is 5.21. The fourth-order valence-corrected chi connectivity index (χ4v) is 3.10. The number of pyridine rings is 1. The van der Waals surface area contributed by atoms with Crippen molar-refractivity contribution < 1.29 is 50.5 Å². The molecule has 0 spiro atoms. The summed E-state index contributed by atoms with van der Waals surface area (Å²) < 4.78 is 93.6. The summed E-state index contributed by atoms with van der Waals surface area (Å²) >= 11 is 0. The molecule has 0 unspecified atom stereocenters. The van der Waals surface area contributed by atoms with Crippen LogP contribution in [-0.4, -0.2) is 35.0 Å². The molecule has 9 nitrogen and oxygen atoms in total. The summed E-state index contributed by atoms with van der Waals surface area (Å²) in [6.07, 6.45) is -5.29. The first kappa shape index (κ1) is 35.7. The van der Waals surface area contributed by atoms with Crippen LogP contribution in [0.4, 0.5) is 26.3 Å². The summed E-state index contributed by atoms with van der Waals surface area (Å²) in [6, 6.07) is 5.05. The van der Waals surface area contributed by atoms with Gasteiger partial charge < -0.3 is 14.6 Å². The van der Waals surface area contributed by atoms with Crippen LogP contribution in [0.3, 0.4) is 0 Å². The number of aromatic nitrogens is 3. The third-order valence-corrected chi connectivity index (χ3v) is 4.77. The Morgan fingerprint density at radius 2 is 1.83 bits per heavy atom. The Hall–Kier alpha value is -4.32. The highest BCUT2D eigenvalue weighted by atomic mass is 19.4. The van der Waals surface area contributed by atoms with Crippen LogP contribution in [-0.2, 0) is 12.7 Å². The van der Waals surface area contributed by atoms with E-state index in [0.29, 0.717) is 23.0 Å². The molecule has 0 aliphatic rings. The van der Waals surface area contributed by atoms with Crippen molar-refractivity contribution in [3.8, 4) is 23.3 Å². The van der Waals surface area contributed by atoms with E-state index in [1.807, 2.05) is 13.8 Å². The fraction of sp³-hybridized carbons (Fsp3) is 0.407. The lowest BCUT2D eigenvalue weighted by Crippen LogP contribution is -2.45. The van der Waals surface area contributed by atoms with Crippen molar-refractivity contribution in [2.45, 2.75) is 53.3 Å². The second-order valence-electron chi connectivity index (χ2n) is 7.89.